The fraction of sp³-hybridized carbons (Fsp3) is 0.111. The monoisotopic (exact) mass is 422 g/mol. The molecule has 2 N–H and O–H groups in total. The van der Waals surface area contributed by atoms with E-state index in [2.05, 4.69) is 20.5 Å². The van der Waals surface area contributed by atoms with E-state index < -0.39 is 28.9 Å². The van der Waals surface area contributed by atoms with Gasteiger partial charge in [-0.3, -0.25) is 14.6 Å². The molecule has 29 heavy (non-hydrogen) atoms. The van der Waals surface area contributed by atoms with Crippen LogP contribution in [0.2, 0.25) is 0 Å². The first-order valence-electron chi connectivity index (χ1n) is 8.04. The van der Waals surface area contributed by atoms with Crippen molar-refractivity contribution in [2.45, 2.75) is 11.3 Å². The molecule has 2 aromatic carbocycles. The highest BCUT2D eigenvalue weighted by Crippen LogP contribution is 2.32. The van der Waals surface area contributed by atoms with Crippen molar-refractivity contribution in [2.24, 2.45) is 0 Å². The molecule has 150 valence electrons. The van der Waals surface area contributed by atoms with Crippen molar-refractivity contribution in [2.75, 3.05) is 11.6 Å². The van der Waals surface area contributed by atoms with Crippen molar-refractivity contribution in [1.82, 2.24) is 15.2 Å². The van der Waals surface area contributed by atoms with Gasteiger partial charge in [0.05, 0.1) is 5.56 Å². The number of anilines is 1. The van der Waals surface area contributed by atoms with E-state index >= 15 is 0 Å². The van der Waals surface area contributed by atoms with E-state index in [-0.39, 0.29) is 16.7 Å². The molecular formula is C18H13F3N4O3S. The molecular weight excluding hydrogens is 409 g/mol. The Morgan fingerprint density at radius 3 is 2.45 bits per heavy atom. The number of benzene rings is 2. The summed E-state index contributed by atoms with van der Waals surface area (Å²) in [5.41, 5.74) is -1.56. The number of H-pyrrole nitrogens is 1. The number of carbonyl (C=O) groups is 1. The van der Waals surface area contributed by atoms with Crippen LogP contribution < -0.4 is 15.6 Å². The van der Waals surface area contributed by atoms with Crippen LogP contribution in [0, 0.1) is 0 Å². The summed E-state index contributed by atoms with van der Waals surface area (Å²) in [7, 11) is 0. The average Bonchev–Trinajstić information content (AvgIpc) is 2.69. The maximum absolute atomic E-state index is 12.8. The highest BCUT2D eigenvalue weighted by atomic mass is 32.2. The molecule has 1 aromatic heterocycles. The number of thioether (sulfide) groups is 1. The second kappa shape index (κ2) is 8.35. The standard InChI is InChI=1S/C18H13F3N4O3S/c1-29-17-23-16(27)14(24-25-17)15(26)22-11-5-7-12(8-6-11)28-13-4-2-3-10(9-13)18(19,20)21/h2-9H,1H3,(H,22,26)(H,23,25,27). The molecule has 0 atom stereocenters. The van der Waals surface area contributed by atoms with Crippen molar-refractivity contribution in [3.05, 3.63) is 70.1 Å². The van der Waals surface area contributed by atoms with E-state index in [0.29, 0.717) is 5.69 Å². The number of aromatic nitrogens is 3. The molecule has 0 spiro atoms. The molecule has 0 bridgehead atoms. The number of hydrogen-bond acceptors (Lipinski definition) is 6. The first kappa shape index (κ1) is 20.4. The minimum atomic E-state index is -4.47. The van der Waals surface area contributed by atoms with Gasteiger partial charge in [-0.05, 0) is 48.7 Å². The van der Waals surface area contributed by atoms with Gasteiger partial charge in [-0.2, -0.15) is 13.2 Å². The molecule has 0 unspecified atom stereocenters. The average molecular weight is 422 g/mol. The molecule has 0 saturated heterocycles. The molecule has 3 rings (SSSR count). The van der Waals surface area contributed by atoms with Crippen LogP contribution in [0.4, 0.5) is 18.9 Å². The van der Waals surface area contributed by atoms with Gasteiger partial charge < -0.3 is 10.1 Å². The molecule has 1 amide bonds. The molecule has 0 aliphatic carbocycles. The number of carbonyl (C=O) groups excluding carboxylic acids is 1. The fourth-order valence-electron chi connectivity index (χ4n) is 2.23. The smallest absolute Gasteiger partial charge is 0.416 e. The Morgan fingerprint density at radius 1 is 1.10 bits per heavy atom. The first-order valence-corrected chi connectivity index (χ1v) is 9.26. The van der Waals surface area contributed by atoms with E-state index in [0.717, 1.165) is 12.1 Å². The third kappa shape index (κ3) is 5.13. The van der Waals surface area contributed by atoms with Gasteiger partial charge in [0, 0.05) is 5.69 Å². The lowest BCUT2D eigenvalue weighted by Gasteiger charge is -2.10. The molecule has 3 aromatic rings. The van der Waals surface area contributed by atoms with E-state index in [4.69, 9.17) is 4.74 Å². The third-order valence-electron chi connectivity index (χ3n) is 3.59. The van der Waals surface area contributed by atoms with Crippen LogP contribution in [0.3, 0.4) is 0 Å². The van der Waals surface area contributed by atoms with Gasteiger partial charge in [-0.1, -0.05) is 17.8 Å². The lowest BCUT2D eigenvalue weighted by Crippen LogP contribution is -2.26. The Balaban J connectivity index is 1.69. The Morgan fingerprint density at radius 2 is 1.83 bits per heavy atom. The summed E-state index contributed by atoms with van der Waals surface area (Å²) in [6, 6.07) is 10.3. The Bertz CT molecular complexity index is 1080. The molecule has 0 aliphatic heterocycles. The highest BCUT2D eigenvalue weighted by Gasteiger charge is 2.30. The first-order chi connectivity index (χ1) is 13.8. The molecule has 11 heteroatoms. The Labute approximate surface area is 166 Å². The van der Waals surface area contributed by atoms with Gasteiger partial charge in [0.1, 0.15) is 11.5 Å². The van der Waals surface area contributed by atoms with Gasteiger partial charge in [-0.15, -0.1) is 10.2 Å². The third-order valence-corrected chi connectivity index (χ3v) is 4.16. The van der Waals surface area contributed by atoms with E-state index in [9.17, 15) is 22.8 Å². The van der Waals surface area contributed by atoms with Crippen molar-refractivity contribution >= 4 is 23.4 Å². The summed E-state index contributed by atoms with van der Waals surface area (Å²) >= 11 is 1.17. The van der Waals surface area contributed by atoms with Gasteiger partial charge in [0.2, 0.25) is 5.69 Å². The van der Waals surface area contributed by atoms with E-state index in [1.54, 1.807) is 6.26 Å². The number of nitrogens with one attached hydrogen (secondary N) is 2. The van der Waals surface area contributed by atoms with Crippen LogP contribution >= 0.6 is 11.8 Å². The summed E-state index contributed by atoms with van der Waals surface area (Å²) in [4.78, 5) is 26.4. The van der Waals surface area contributed by atoms with Gasteiger partial charge in [0.15, 0.2) is 5.16 Å². The lowest BCUT2D eigenvalue weighted by molar-refractivity contribution is -0.137. The number of rotatable bonds is 5. The maximum atomic E-state index is 12.8. The Kier molecular flexibility index (Phi) is 5.87. The van der Waals surface area contributed by atoms with Crippen molar-refractivity contribution in [1.29, 1.82) is 0 Å². The topological polar surface area (TPSA) is 97.0 Å². The second-order valence-corrected chi connectivity index (χ2v) is 6.41. The molecule has 0 saturated carbocycles. The summed E-state index contributed by atoms with van der Waals surface area (Å²) in [6.45, 7) is 0. The van der Waals surface area contributed by atoms with Gasteiger partial charge >= 0.3 is 6.18 Å². The highest BCUT2D eigenvalue weighted by molar-refractivity contribution is 7.98. The van der Waals surface area contributed by atoms with Crippen molar-refractivity contribution < 1.29 is 22.7 Å². The largest absolute Gasteiger partial charge is 0.457 e. The van der Waals surface area contributed by atoms with Gasteiger partial charge in [0.25, 0.3) is 11.5 Å². The van der Waals surface area contributed by atoms with E-state index in [1.165, 1.54) is 48.2 Å². The molecule has 0 aliphatic rings. The predicted molar refractivity (Wildman–Crippen MR) is 100 cm³/mol. The van der Waals surface area contributed by atoms with Crippen molar-refractivity contribution in [3.8, 4) is 11.5 Å². The number of ether oxygens (including phenoxy) is 1. The number of alkyl halides is 3. The van der Waals surface area contributed by atoms with Crippen LogP contribution in [0.5, 0.6) is 11.5 Å². The van der Waals surface area contributed by atoms with Crippen molar-refractivity contribution in [3.63, 3.8) is 0 Å². The lowest BCUT2D eigenvalue weighted by atomic mass is 10.2. The summed E-state index contributed by atoms with van der Waals surface area (Å²) < 4.78 is 43.7. The quantitative estimate of drug-likeness (QED) is 0.605. The van der Waals surface area contributed by atoms with Gasteiger partial charge in [-0.25, -0.2) is 0 Å². The number of halogens is 3. The minimum Gasteiger partial charge on any atom is -0.457 e. The molecule has 0 fully saturated rings. The number of amides is 1. The minimum absolute atomic E-state index is 0.0207. The molecule has 7 nitrogen and oxygen atoms in total. The maximum Gasteiger partial charge on any atom is 0.416 e. The predicted octanol–water partition coefficient (Wildman–Crippen LogP) is 3.95. The zero-order valence-electron chi connectivity index (χ0n) is 14.8. The number of hydrogen-bond donors (Lipinski definition) is 2. The summed E-state index contributed by atoms with van der Waals surface area (Å²) in [6.07, 6.45) is -2.77. The van der Waals surface area contributed by atoms with Crippen LogP contribution in [0.1, 0.15) is 16.1 Å². The fourth-order valence-corrected chi connectivity index (χ4v) is 2.55. The SMILES string of the molecule is CSc1nnc(C(=O)Nc2ccc(Oc3cccc(C(F)(F)F)c3)cc2)c(=O)[nH]1. The zero-order chi connectivity index (χ0) is 21.0. The van der Waals surface area contributed by atoms with Crippen LogP contribution in [0.25, 0.3) is 0 Å². The normalized spacial score (nSPS) is 11.2. The van der Waals surface area contributed by atoms with Crippen LogP contribution in [0.15, 0.2) is 58.5 Å². The summed E-state index contributed by atoms with van der Waals surface area (Å²) in [5, 5.41) is 10.1. The van der Waals surface area contributed by atoms with Crippen LogP contribution in [-0.4, -0.2) is 27.3 Å². The molecule has 1 heterocycles. The molecule has 0 radical (unpaired) electrons. The van der Waals surface area contributed by atoms with Crippen LogP contribution in [-0.2, 0) is 6.18 Å². The Hall–Kier alpha value is -3.34. The number of aromatic amines is 1. The van der Waals surface area contributed by atoms with E-state index in [1.807, 2.05) is 0 Å². The second-order valence-electron chi connectivity index (χ2n) is 5.62. The summed E-state index contributed by atoms with van der Waals surface area (Å²) in [5.74, 6) is -0.463. The number of nitrogens with zero attached hydrogens (tertiary/aromatic N) is 2. The zero-order valence-corrected chi connectivity index (χ0v) is 15.6.